The van der Waals surface area contributed by atoms with Crippen LogP contribution in [-0.2, 0) is 11.3 Å². The largest absolute Gasteiger partial charge is 0.355 e. The van der Waals surface area contributed by atoms with E-state index in [9.17, 15) is 4.79 Å². The SMILES string of the molecule is CCCNC(=O)Cn1c[c]nc1. The molecule has 1 heterocycles. The summed E-state index contributed by atoms with van der Waals surface area (Å²) in [4.78, 5) is 14.8. The van der Waals surface area contributed by atoms with Crippen LogP contribution in [0.1, 0.15) is 13.3 Å². The van der Waals surface area contributed by atoms with Crippen LogP contribution in [0.5, 0.6) is 0 Å². The maximum atomic E-state index is 11.1. The summed E-state index contributed by atoms with van der Waals surface area (Å²) < 4.78 is 1.69. The molecule has 0 aliphatic heterocycles. The smallest absolute Gasteiger partial charge is 0.239 e. The van der Waals surface area contributed by atoms with Crippen molar-refractivity contribution in [2.45, 2.75) is 19.9 Å². The van der Waals surface area contributed by atoms with E-state index in [1.807, 2.05) is 6.92 Å². The summed E-state index contributed by atoms with van der Waals surface area (Å²) in [5.74, 6) is 0.0169. The van der Waals surface area contributed by atoms with Crippen LogP contribution in [0.25, 0.3) is 0 Å². The maximum Gasteiger partial charge on any atom is 0.239 e. The van der Waals surface area contributed by atoms with Crippen molar-refractivity contribution in [3.05, 3.63) is 18.7 Å². The van der Waals surface area contributed by atoms with Crippen LogP contribution in [0.3, 0.4) is 0 Å². The molecule has 1 rings (SSSR count). The van der Waals surface area contributed by atoms with Gasteiger partial charge < -0.3 is 9.88 Å². The lowest BCUT2D eigenvalue weighted by Gasteiger charge is -2.02. The average Bonchev–Trinajstić information content (AvgIpc) is 2.53. The summed E-state index contributed by atoms with van der Waals surface area (Å²) in [5.41, 5.74) is 0. The Kier molecular flexibility index (Phi) is 3.32. The third kappa shape index (κ3) is 2.74. The Morgan fingerprint density at radius 2 is 2.58 bits per heavy atom. The van der Waals surface area contributed by atoms with Gasteiger partial charge in [0.2, 0.25) is 5.91 Å². The van der Waals surface area contributed by atoms with Gasteiger partial charge in [-0.3, -0.25) is 4.79 Å². The van der Waals surface area contributed by atoms with Crippen molar-refractivity contribution in [3.63, 3.8) is 0 Å². The van der Waals surface area contributed by atoms with Crippen molar-refractivity contribution >= 4 is 5.91 Å². The minimum atomic E-state index is 0.0169. The molecule has 0 spiro atoms. The second-order valence-corrected chi connectivity index (χ2v) is 2.53. The number of imidazole rings is 1. The molecule has 0 unspecified atom stereocenters. The Balaban J connectivity index is 2.27. The van der Waals surface area contributed by atoms with Gasteiger partial charge in [-0.15, -0.1) is 0 Å². The van der Waals surface area contributed by atoms with Gasteiger partial charge in [0.25, 0.3) is 0 Å². The van der Waals surface area contributed by atoms with E-state index in [1.165, 1.54) is 0 Å². The number of nitrogens with one attached hydrogen (secondary N) is 1. The number of hydrogen-bond donors (Lipinski definition) is 1. The zero-order valence-corrected chi connectivity index (χ0v) is 7.08. The lowest BCUT2D eigenvalue weighted by atomic mass is 10.4. The van der Waals surface area contributed by atoms with Gasteiger partial charge in [0.05, 0.1) is 6.33 Å². The Morgan fingerprint density at radius 3 is 3.17 bits per heavy atom. The predicted octanol–water partition coefficient (Wildman–Crippen LogP) is 0.209. The monoisotopic (exact) mass is 166 g/mol. The first-order valence-corrected chi connectivity index (χ1v) is 3.97. The van der Waals surface area contributed by atoms with Crippen LogP contribution in [0, 0.1) is 6.20 Å². The first-order chi connectivity index (χ1) is 5.83. The number of aromatic nitrogens is 2. The molecule has 4 heteroatoms. The number of rotatable bonds is 4. The maximum absolute atomic E-state index is 11.1. The number of amides is 1. The molecule has 0 aliphatic carbocycles. The molecular formula is C8H12N3O. The number of hydrogen-bond acceptors (Lipinski definition) is 2. The summed E-state index contributed by atoms with van der Waals surface area (Å²) in [6, 6.07) is 0. The summed E-state index contributed by atoms with van der Waals surface area (Å²) >= 11 is 0. The summed E-state index contributed by atoms with van der Waals surface area (Å²) in [5, 5.41) is 2.77. The molecule has 1 aromatic heterocycles. The van der Waals surface area contributed by atoms with Gasteiger partial charge in [0.1, 0.15) is 12.7 Å². The lowest BCUT2D eigenvalue weighted by Crippen LogP contribution is -2.27. The molecular weight excluding hydrogens is 154 g/mol. The zero-order valence-electron chi connectivity index (χ0n) is 7.08. The minimum Gasteiger partial charge on any atom is -0.355 e. The van der Waals surface area contributed by atoms with Crippen LogP contribution >= 0.6 is 0 Å². The van der Waals surface area contributed by atoms with E-state index in [2.05, 4.69) is 16.5 Å². The Bertz CT molecular complexity index is 230. The molecule has 0 saturated heterocycles. The number of nitrogens with zero attached hydrogens (tertiary/aromatic N) is 2. The highest BCUT2D eigenvalue weighted by Gasteiger charge is 1.99. The molecule has 0 atom stereocenters. The van der Waals surface area contributed by atoms with Crippen LogP contribution in [0.2, 0.25) is 0 Å². The standard InChI is InChI=1S/C8H12N3O/c1-2-3-10-8(12)6-11-5-4-9-7-11/h5,7H,2-3,6H2,1H3,(H,10,12). The Morgan fingerprint density at radius 1 is 1.75 bits per heavy atom. The van der Waals surface area contributed by atoms with E-state index in [1.54, 1.807) is 17.1 Å². The molecule has 1 radical (unpaired) electrons. The number of carbonyl (C=O) groups excluding carboxylic acids is 1. The van der Waals surface area contributed by atoms with Crippen molar-refractivity contribution in [1.82, 2.24) is 14.9 Å². The third-order valence-electron chi connectivity index (χ3n) is 1.40. The van der Waals surface area contributed by atoms with Crippen molar-refractivity contribution in [1.29, 1.82) is 0 Å². The predicted molar refractivity (Wildman–Crippen MR) is 44.4 cm³/mol. The summed E-state index contributed by atoms with van der Waals surface area (Å²) in [6.45, 7) is 3.08. The van der Waals surface area contributed by atoms with Crippen molar-refractivity contribution in [2.75, 3.05) is 6.54 Å². The topological polar surface area (TPSA) is 46.9 Å². The molecule has 0 fully saturated rings. The first-order valence-electron chi connectivity index (χ1n) is 3.97. The van der Waals surface area contributed by atoms with Crippen LogP contribution in [0.4, 0.5) is 0 Å². The molecule has 1 amide bonds. The number of carbonyl (C=O) groups is 1. The molecule has 0 bridgehead atoms. The summed E-state index contributed by atoms with van der Waals surface area (Å²) in [7, 11) is 0. The molecule has 65 valence electrons. The van der Waals surface area contributed by atoms with E-state index in [0.29, 0.717) is 6.54 Å². The van der Waals surface area contributed by atoms with Gasteiger partial charge in [-0.1, -0.05) is 6.92 Å². The second-order valence-electron chi connectivity index (χ2n) is 2.53. The molecule has 1 aromatic rings. The van der Waals surface area contributed by atoms with E-state index < -0.39 is 0 Å². The Labute approximate surface area is 71.6 Å². The van der Waals surface area contributed by atoms with Gasteiger partial charge in [-0.05, 0) is 6.42 Å². The molecule has 0 aromatic carbocycles. The highest BCUT2D eigenvalue weighted by Crippen LogP contribution is 1.84. The quantitative estimate of drug-likeness (QED) is 0.695. The second kappa shape index (κ2) is 4.54. The molecule has 0 saturated carbocycles. The van der Waals surface area contributed by atoms with Gasteiger partial charge in [0.15, 0.2) is 0 Å². The zero-order chi connectivity index (χ0) is 8.81. The van der Waals surface area contributed by atoms with Crippen LogP contribution in [0.15, 0.2) is 12.5 Å². The lowest BCUT2D eigenvalue weighted by molar-refractivity contribution is -0.121. The van der Waals surface area contributed by atoms with Crippen LogP contribution in [-0.4, -0.2) is 22.0 Å². The highest BCUT2D eigenvalue weighted by atomic mass is 16.1. The Hall–Kier alpha value is -1.32. The van der Waals surface area contributed by atoms with Gasteiger partial charge in [-0.2, -0.15) is 0 Å². The van der Waals surface area contributed by atoms with Crippen LogP contribution < -0.4 is 5.32 Å². The van der Waals surface area contributed by atoms with E-state index in [0.717, 1.165) is 13.0 Å². The summed E-state index contributed by atoms with van der Waals surface area (Å²) in [6.07, 6.45) is 6.80. The van der Waals surface area contributed by atoms with Gasteiger partial charge in [-0.25, -0.2) is 4.98 Å². The van der Waals surface area contributed by atoms with Gasteiger partial charge >= 0.3 is 0 Å². The van der Waals surface area contributed by atoms with E-state index in [-0.39, 0.29) is 5.91 Å². The third-order valence-corrected chi connectivity index (χ3v) is 1.40. The molecule has 12 heavy (non-hydrogen) atoms. The van der Waals surface area contributed by atoms with E-state index >= 15 is 0 Å². The van der Waals surface area contributed by atoms with E-state index in [4.69, 9.17) is 0 Å². The van der Waals surface area contributed by atoms with Crippen molar-refractivity contribution < 1.29 is 4.79 Å². The van der Waals surface area contributed by atoms with Gasteiger partial charge in [0, 0.05) is 12.7 Å². The molecule has 4 nitrogen and oxygen atoms in total. The first kappa shape index (κ1) is 8.77. The fourth-order valence-corrected chi connectivity index (χ4v) is 0.821. The normalized spacial score (nSPS) is 9.75. The fraction of sp³-hybridized carbons (Fsp3) is 0.500. The molecule has 0 aliphatic rings. The average molecular weight is 166 g/mol. The van der Waals surface area contributed by atoms with Crippen molar-refractivity contribution in [3.8, 4) is 0 Å². The van der Waals surface area contributed by atoms with Crippen molar-refractivity contribution in [2.24, 2.45) is 0 Å². The minimum absolute atomic E-state index is 0.0169. The fourth-order valence-electron chi connectivity index (χ4n) is 0.821. The highest BCUT2D eigenvalue weighted by molar-refractivity contribution is 5.75. The molecule has 1 N–H and O–H groups in total.